The van der Waals surface area contributed by atoms with Gasteiger partial charge in [0.2, 0.25) is 5.91 Å². The molecule has 7 heteroatoms. The van der Waals surface area contributed by atoms with Crippen molar-refractivity contribution in [1.82, 2.24) is 9.88 Å². The summed E-state index contributed by atoms with van der Waals surface area (Å²) in [6.07, 6.45) is 1.48. The van der Waals surface area contributed by atoms with E-state index in [-0.39, 0.29) is 18.1 Å². The van der Waals surface area contributed by atoms with Gasteiger partial charge in [-0.1, -0.05) is 29.8 Å². The van der Waals surface area contributed by atoms with Gasteiger partial charge in [0.15, 0.2) is 5.13 Å². The van der Waals surface area contributed by atoms with E-state index in [0.717, 1.165) is 30.9 Å². The molecule has 1 aliphatic heterocycles. The van der Waals surface area contributed by atoms with E-state index in [0.29, 0.717) is 23.0 Å². The molecule has 1 aromatic carbocycles. The zero-order chi connectivity index (χ0) is 18.5. The molecule has 3 rings (SSSR count). The van der Waals surface area contributed by atoms with E-state index in [9.17, 15) is 4.79 Å². The van der Waals surface area contributed by atoms with Crippen LogP contribution in [0.1, 0.15) is 31.5 Å². The predicted octanol–water partition coefficient (Wildman–Crippen LogP) is 3.98. The van der Waals surface area contributed by atoms with E-state index < -0.39 is 0 Å². The van der Waals surface area contributed by atoms with E-state index in [1.165, 1.54) is 11.3 Å². The Bertz CT molecular complexity index is 742. The molecule has 2 aromatic rings. The number of ether oxygens (including phenoxy) is 1. The minimum absolute atomic E-state index is 0.0422. The van der Waals surface area contributed by atoms with E-state index in [4.69, 9.17) is 16.3 Å². The molecule has 1 amide bonds. The van der Waals surface area contributed by atoms with Gasteiger partial charge in [-0.05, 0) is 31.9 Å². The number of nitrogens with zero attached hydrogens (tertiary/aromatic N) is 2. The molecule has 5 nitrogen and oxygen atoms in total. The second kappa shape index (κ2) is 8.95. The number of thiazole rings is 1. The van der Waals surface area contributed by atoms with Gasteiger partial charge in [0.05, 0.1) is 17.9 Å². The molecule has 140 valence electrons. The first-order valence-electron chi connectivity index (χ1n) is 8.85. The van der Waals surface area contributed by atoms with Crippen LogP contribution < -0.4 is 5.32 Å². The van der Waals surface area contributed by atoms with Crippen molar-refractivity contribution in [3.8, 4) is 0 Å². The molecular formula is C19H24ClN3O2S. The lowest BCUT2D eigenvalue weighted by Gasteiger charge is -2.34. The number of carbonyl (C=O) groups excluding carboxylic acids is 1. The number of aromatic nitrogens is 1. The van der Waals surface area contributed by atoms with Crippen molar-refractivity contribution in [2.45, 2.75) is 45.4 Å². The van der Waals surface area contributed by atoms with Crippen molar-refractivity contribution in [2.75, 3.05) is 18.4 Å². The topological polar surface area (TPSA) is 54.5 Å². The number of hydrogen-bond acceptors (Lipinski definition) is 5. The number of nitrogens with one attached hydrogen (secondary N) is 1. The number of morpholine rings is 1. The standard InChI is InChI=1S/C19H24ClN3O2S/c1-13-9-23(10-14(2)25-13)11-16-12-26-19(21-16)22-18(24)8-7-15-5-3-4-6-17(15)20/h3-6,12-14H,7-11H2,1-2H3,(H,21,22,24). The van der Waals surface area contributed by atoms with Gasteiger partial charge in [0.25, 0.3) is 0 Å². The second-order valence-electron chi connectivity index (χ2n) is 6.73. The van der Waals surface area contributed by atoms with Crippen LogP contribution in [0.15, 0.2) is 29.6 Å². The van der Waals surface area contributed by atoms with Crippen LogP contribution in [0.2, 0.25) is 5.02 Å². The molecule has 1 N–H and O–H groups in total. The van der Waals surface area contributed by atoms with E-state index in [1.54, 1.807) is 0 Å². The minimum atomic E-state index is -0.0422. The summed E-state index contributed by atoms with van der Waals surface area (Å²) >= 11 is 7.59. The Kier molecular flexibility index (Phi) is 6.64. The number of anilines is 1. The van der Waals surface area contributed by atoms with E-state index in [1.807, 2.05) is 29.6 Å². The highest BCUT2D eigenvalue weighted by atomic mass is 35.5. The average Bonchev–Trinajstić information content (AvgIpc) is 3.00. The lowest BCUT2D eigenvalue weighted by Crippen LogP contribution is -2.44. The molecule has 0 spiro atoms. The normalized spacial score (nSPS) is 20.9. The molecule has 0 radical (unpaired) electrons. The van der Waals surface area contributed by atoms with Crippen LogP contribution in [-0.2, 0) is 22.5 Å². The maximum absolute atomic E-state index is 12.2. The van der Waals surface area contributed by atoms with Crippen molar-refractivity contribution < 1.29 is 9.53 Å². The highest BCUT2D eigenvalue weighted by Gasteiger charge is 2.22. The SMILES string of the molecule is CC1CN(Cc2csc(NC(=O)CCc3ccccc3Cl)n2)CC(C)O1. The monoisotopic (exact) mass is 393 g/mol. The Morgan fingerprint density at radius 2 is 2.08 bits per heavy atom. The first-order valence-corrected chi connectivity index (χ1v) is 10.1. The molecule has 2 unspecified atom stereocenters. The van der Waals surface area contributed by atoms with Crippen molar-refractivity contribution >= 4 is 34.0 Å². The number of halogens is 1. The third-order valence-electron chi connectivity index (χ3n) is 4.26. The summed E-state index contributed by atoms with van der Waals surface area (Å²) < 4.78 is 5.76. The molecule has 26 heavy (non-hydrogen) atoms. The van der Waals surface area contributed by atoms with E-state index in [2.05, 4.69) is 29.0 Å². The van der Waals surface area contributed by atoms with Gasteiger partial charge in [-0.3, -0.25) is 9.69 Å². The molecule has 1 aromatic heterocycles. The van der Waals surface area contributed by atoms with Gasteiger partial charge in [-0.2, -0.15) is 0 Å². The first kappa shape index (κ1) is 19.3. The smallest absolute Gasteiger partial charge is 0.226 e. The molecule has 2 atom stereocenters. The Hall–Kier alpha value is -1.47. The fraction of sp³-hybridized carbons (Fsp3) is 0.474. The third kappa shape index (κ3) is 5.51. The lowest BCUT2D eigenvalue weighted by molar-refractivity contribution is -0.116. The molecule has 1 aliphatic rings. The fourth-order valence-corrected chi connectivity index (χ4v) is 4.16. The van der Waals surface area contributed by atoms with Gasteiger partial charge < -0.3 is 10.1 Å². The van der Waals surface area contributed by atoms with Gasteiger partial charge in [0.1, 0.15) is 0 Å². The number of hydrogen-bond donors (Lipinski definition) is 1. The summed E-state index contributed by atoms with van der Waals surface area (Å²) in [4.78, 5) is 19.1. The van der Waals surface area contributed by atoms with Crippen LogP contribution in [-0.4, -0.2) is 41.1 Å². The highest BCUT2D eigenvalue weighted by Crippen LogP contribution is 2.20. The number of aryl methyl sites for hydroxylation is 1. The average molecular weight is 394 g/mol. The van der Waals surface area contributed by atoms with Crippen LogP contribution in [0.25, 0.3) is 0 Å². The van der Waals surface area contributed by atoms with Crippen LogP contribution in [0.4, 0.5) is 5.13 Å². The molecule has 1 saturated heterocycles. The highest BCUT2D eigenvalue weighted by molar-refractivity contribution is 7.13. The van der Waals surface area contributed by atoms with Gasteiger partial charge in [-0.25, -0.2) is 4.98 Å². The van der Waals surface area contributed by atoms with Crippen LogP contribution >= 0.6 is 22.9 Å². The summed E-state index contributed by atoms with van der Waals surface area (Å²) in [5, 5.41) is 6.25. The van der Waals surface area contributed by atoms with Gasteiger partial charge in [0, 0.05) is 36.5 Å². The van der Waals surface area contributed by atoms with Crippen LogP contribution in [0, 0.1) is 0 Å². The Morgan fingerprint density at radius 1 is 1.35 bits per heavy atom. The summed E-state index contributed by atoms with van der Waals surface area (Å²) in [5.74, 6) is -0.0422. The Labute approximate surface area is 163 Å². The van der Waals surface area contributed by atoms with Crippen LogP contribution in [0.5, 0.6) is 0 Å². The Balaban J connectivity index is 1.48. The molecule has 2 heterocycles. The van der Waals surface area contributed by atoms with Crippen LogP contribution in [0.3, 0.4) is 0 Å². The fourth-order valence-electron chi connectivity index (χ4n) is 3.21. The van der Waals surface area contributed by atoms with Crippen molar-refractivity contribution in [3.05, 3.63) is 45.9 Å². The lowest BCUT2D eigenvalue weighted by atomic mass is 10.1. The quantitative estimate of drug-likeness (QED) is 0.806. The number of benzene rings is 1. The summed E-state index contributed by atoms with van der Waals surface area (Å²) in [7, 11) is 0. The zero-order valence-corrected chi connectivity index (χ0v) is 16.6. The number of rotatable bonds is 6. The maximum Gasteiger partial charge on any atom is 0.226 e. The van der Waals surface area contributed by atoms with Crippen molar-refractivity contribution in [1.29, 1.82) is 0 Å². The van der Waals surface area contributed by atoms with Gasteiger partial charge in [-0.15, -0.1) is 11.3 Å². The summed E-state index contributed by atoms with van der Waals surface area (Å²) in [5.41, 5.74) is 1.97. The summed E-state index contributed by atoms with van der Waals surface area (Å²) in [6, 6.07) is 7.61. The second-order valence-corrected chi connectivity index (χ2v) is 8.00. The zero-order valence-electron chi connectivity index (χ0n) is 15.1. The molecule has 1 fully saturated rings. The maximum atomic E-state index is 12.2. The molecule has 0 saturated carbocycles. The number of amides is 1. The van der Waals surface area contributed by atoms with Crippen molar-refractivity contribution in [2.24, 2.45) is 0 Å². The molecular weight excluding hydrogens is 370 g/mol. The number of carbonyl (C=O) groups is 1. The summed E-state index contributed by atoms with van der Waals surface area (Å²) in [6.45, 7) is 6.77. The largest absolute Gasteiger partial charge is 0.373 e. The first-order chi connectivity index (χ1) is 12.5. The van der Waals surface area contributed by atoms with Gasteiger partial charge >= 0.3 is 0 Å². The molecule has 0 aliphatic carbocycles. The molecule has 0 bridgehead atoms. The third-order valence-corrected chi connectivity index (χ3v) is 5.43. The predicted molar refractivity (Wildman–Crippen MR) is 106 cm³/mol. The van der Waals surface area contributed by atoms with E-state index >= 15 is 0 Å². The minimum Gasteiger partial charge on any atom is -0.373 e. The van der Waals surface area contributed by atoms with Crippen molar-refractivity contribution in [3.63, 3.8) is 0 Å². The Morgan fingerprint density at radius 3 is 2.81 bits per heavy atom.